The van der Waals surface area contributed by atoms with Crippen LogP contribution in [-0.4, -0.2) is 29.4 Å². The fourth-order valence-electron chi connectivity index (χ4n) is 3.22. The number of hydrogen-bond acceptors (Lipinski definition) is 5. The van der Waals surface area contributed by atoms with Crippen LogP contribution in [-0.2, 0) is 10.2 Å². The molecule has 4 unspecified atom stereocenters. The summed E-state index contributed by atoms with van der Waals surface area (Å²) in [5.74, 6) is 2.79. The second-order valence-corrected chi connectivity index (χ2v) is 6.28. The van der Waals surface area contributed by atoms with Crippen molar-refractivity contribution in [2.45, 2.75) is 56.9 Å². The SMILES string of the molecule is CCC1CCC(c2noc(C3(C)COCC3N)n2)C1. The topological polar surface area (TPSA) is 74.2 Å². The van der Waals surface area contributed by atoms with Crippen LogP contribution in [0, 0.1) is 5.92 Å². The van der Waals surface area contributed by atoms with Crippen molar-refractivity contribution in [1.29, 1.82) is 0 Å². The Balaban J connectivity index is 1.77. The van der Waals surface area contributed by atoms with Gasteiger partial charge in [0.15, 0.2) is 5.82 Å². The maximum absolute atomic E-state index is 6.10. The highest BCUT2D eigenvalue weighted by Gasteiger charge is 2.44. The molecule has 2 aliphatic rings. The van der Waals surface area contributed by atoms with E-state index >= 15 is 0 Å². The molecule has 1 aliphatic heterocycles. The van der Waals surface area contributed by atoms with Crippen molar-refractivity contribution >= 4 is 0 Å². The first-order chi connectivity index (χ1) is 9.13. The minimum absolute atomic E-state index is 0.0623. The molecular formula is C14H23N3O2. The maximum Gasteiger partial charge on any atom is 0.236 e. The van der Waals surface area contributed by atoms with Gasteiger partial charge in [0, 0.05) is 12.0 Å². The van der Waals surface area contributed by atoms with Crippen LogP contribution in [0.4, 0.5) is 0 Å². The molecular weight excluding hydrogens is 242 g/mol. The summed E-state index contributed by atoms with van der Waals surface area (Å²) in [4.78, 5) is 4.63. The molecule has 0 radical (unpaired) electrons. The third-order valence-corrected chi connectivity index (χ3v) is 4.93. The van der Waals surface area contributed by atoms with E-state index in [9.17, 15) is 0 Å². The van der Waals surface area contributed by atoms with Gasteiger partial charge >= 0.3 is 0 Å². The van der Waals surface area contributed by atoms with Crippen LogP contribution in [0.1, 0.15) is 57.2 Å². The molecule has 2 heterocycles. The fraction of sp³-hybridized carbons (Fsp3) is 0.857. The number of aromatic nitrogens is 2. The molecule has 1 aromatic rings. The molecule has 5 heteroatoms. The van der Waals surface area contributed by atoms with Gasteiger partial charge in [-0.3, -0.25) is 0 Å². The average molecular weight is 265 g/mol. The number of hydrogen-bond donors (Lipinski definition) is 1. The van der Waals surface area contributed by atoms with Crippen molar-refractivity contribution in [3.05, 3.63) is 11.7 Å². The van der Waals surface area contributed by atoms with Crippen LogP contribution in [0.25, 0.3) is 0 Å². The third kappa shape index (κ3) is 2.19. The Labute approximate surface area is 113 Å². The van der Waals surface area contributed by atoms with Gasteiger partial charge in [-0.05, 0) is 32.1 Å². The van der Waals surface area contributed by atoms with Crippen LogP contribution < -0.4 is 5.73 Å². The highest BCUT2D eigenvalue weighted by Crippen LogP contribution is 2.39. The molecule has 106 valence electrons. The summed E-state index contributed by atoms with van der Waals surface area (Å²) in [7, 11) is 0. The van der Waals surface area contributed by atoms with Gasteiger partial charge in [-0.25, -0.2) is 0 Å². The Morgan fingerprint density at radius 1 is 1.42 bits per heavy atom. The second-order valence-electron chi connectivity index (χ2n) is 6.28. The lowest BCUT2D eigenvalue weighted by atomic mass is 9.86. The zero-order valence-corrected chi connectivity index (χ0v) is 11.8. The highest BCUT2D eigenvalue weighted by molar-refractivity contribution is 5.13. The Hall–Kier alpha value is -0.940. The van der Waals surface area contributed by atoms with Crippen LogP contribution >= 0.6 is 0 Å². The minimum Gasteiger partial charge on any atom is -0.379 e. The van der Waals surface area contributed by atoms with E-state index in [0.717, 1.165) is 11.7 Å². The fourth-order valence-corrected chi connectivity index (χ4v) is 3.22. The van der Waals surface area contributed by atoms with Crippen molar-refractivity contribution in [1.82, 2.24) is 10.1 Å². The van der Waals surface area contributed by atoms with Crippen molar-refractivity contribution < 1.29 is 9.26 Å². The molecule has 2 fully saturated rings. The lowest BCUT2D eigenvalue weighted by Gasteiger charge is -2.21. The smallest absolute Gasteiger partial charge is 0.236 e. The van der Waals surface area contributed by atoms with E-state index in [1.807, 2.05) is 6.92 Å². The molecule has 1 saturated carbocycles. The van der Waals surface area contributed by atoms with E-state index in [-0.39, 0.29) is 11.5 Å². The molecule has 4 atom stereocenters. The van der Waals surface area contributed by atoms with E-state index in [0.29, 0.717) is 25.0 Å². The summed E-state index contributed by atoms with van der Waals surface area (Å²) in [5, 5.41) is 4.19. The van der Waals surface area contributed by atoms with Crippen LogP contribution in [0.3, 0.4) is 0 Å². The van der Waals surface area contributed by atoms with Crippen LogP contribution in [0.15, 0.2) is 4.52 Å². The van der Waals surface area contributed by atoms with E-state index < -0.39 is 0 Å². The lowest BCUT2D eigenvalue weighted by molar-refractivity contribution is 0.169. The number of nitrogens with zero attached hydrogens (tertiary/aromatic N) is 2. The summed E-state index contributed by atoms with van der Waals surface area (Å²) in [6.07, 6.45) is 4.90. The predicted molar refractivity (Wildman–Crippen MR) is 70.8 cm³/mol. The number of rotatable bonds is 3. The molecule has 1 saturated heterocycles. The van der Waals surface area contributed by atoms with Gasteiger partial charge in [0.2, 0.25) is 5.89 Å². The summed E-state index contributed by atoms with van der Waals surface area (Å²) in [6.45, 7) is 5.43. The van der Waals surface area contributed by atoms with Gasteiger partial charge < -0.3 is 15.0 Å². The summed E-state index contributed by atoms with van der Waals surface area (Å²) in [6, 6.07) is -0.0623. The zero-order valence-electron chi connectivity index (χ0n) is 11.8. The standard InChI is InChI=1S/C14H23N3O2/c1-3-9-4-5-10(6-9)12-16-13(19-17-12)14(2)8-18-7-11(14)15/h9-11H,3-8,15H2,1-2H3. The zero-order chi connectivity index (χ0) is 13.5. The van der Waals surface area contributed by atoms with Crippen molar-refractivity contribution in [3.63, 3.8) is 0 Å². The average Bonchev–Trinajstić information content (AvgIpc) is 3.10. The molecule has 0 aromatic carbocycles. The van der Waals surface area contributed by atoms with Crippen molar-refractivity contribution in [2.75, 3.05) is 13.2 Å². The predicted octanol–water partition coefficient (Wildman–Crippen LogP) is 1.98. The summed E-state index contributed by atoms with van der Waals surface area (Å²) in [5.41, 5.74) is 5.77. The quantitative estimate of drug-likeness (QED) is 0.904. The van der Waals surface area contributed by atoms with E-state index in [2.05, 4.69) is 17.1 Å². The molecule has 5 nitrogen and oxygen atoms in total. The van der Waals surface area contributed by atoms with E-state index in [1.54, 1.807) is 0 Å². The van der Waals surface area contributed by atoms with Crippen molar-refractivity contribution in [3.8, 4) is 0 Å². The molecule has 1 aromatic heterocycles. The molecule has 0 spiro atoms. The van der Waals surface area contributed by atoms with Gasteiger partial charge in [0.25, 0.3) is 0 Å². The van der Waals surface area contributed by atoms with E-state index in [1.165, 1.54) is 25.7 Å². The first-order valence-electron chi connectivity index (χ1n) is 7.31. The largest absolute Gasteiger partial charge is 0.379 e. The Morgan fingerprint density at radius 2 is 2.26 bits per heavy atom. The molecule has 19 heavy (non-hydrogen) atoms. The minimum atomic E-state index is -0.325. The van der Waals surface area contributed by atoms with Gasteiger partial charge in [-0.1, -0.05) is 18.5 Å². The van der Waals surface area contributed by atoms with Gasteiger partial charge in [-0.15, -0.1) is 0 Å². The second kappa shape index (κ2) is 4.87. The van der Waals surface area contributed by atoms with Crippen LogP contribution in [0.2, 0.25) is 0 Å². The van der Waals surface area contributed by atoms with Gasteiger partial charge in [-0.2, -0.15) is 4.98 Å². The molecule has 0 bridgehead atoms. The van der Waals surface area contributed by atoms with Gasteiger partial charge in [0.05, 0.1) is 18.6 Å². The molecule has 1 aliphatic carbocycles. The summed E-state index contributed by atoms with van der Waals surface area (Å²) >= 11 is 0. The van der Waals surface area contributed by atoms with Gasteiger partial charge in [0.1, 0.15) is 0 Å². The Bertz CT molecular complexity index is 448. The molecule has 2 N–H and O–H groups in total. The molecule has 3 rings (SSSR count). The highest BCUT2D eigenvalue weighted by atomic mass is 16.5. The number of ether oxygens (including phenoxy) is 1. The maximum atomic E-state index is 6.10. The Kier molecular flexibility index (Phi) is 3.35. The monoisotopic (exact) mass is 265 g/mol. The first-order valence-corrected chi connectivity index (χ1v) is 7.31. The number of nitrogens with two attached hydrogens (primary N) is 1. The van der Waals surface area contributed by atoms with E-state index in [4.69, 9.17) is 15.0 Å². The first kappa shape index (κ1) is 13.1. The third-order valence-electron chi connectivity index (χ3n) is 4.93. The molecule has 0 amide bonds. The van der Waals surface area contributed by atoms with Crippen molar-refractivity contribution in [2.24, 2.45) is 11.7 Å². The van der Waals surface area contributed by atoms with Crippen LogP contribution in [0.5, 0.6) is 0 Å². The summed E-state index contributed by atoms with van der Waals surface area (Å²) < 4.78 is 10.9. The Morgan fingerprint density at radius 3 is 2.89 bits per heavy atom. The lowest BCUT2D eigenvalue weighted by Crippen LogP contribution is -2.42. The normalized spacial score (nSPS) is 39.0.